The maximum atomic E-state index is 4.57. The first kappa shape index (κ1) is 13.7. The monoisotopic (exact) mass is 281 g/mol. The number of aromatic nitrogens is 4. The molecule has 0 amide bonds. The third-order valence-corrected chi connectivity index (χ3v) is 3.37. The van der Waals surface area contributed by atoms with Crippen LogP contribution < -0.4 is 5.32 Å². The second-order valence-corrected chi connectivity index (χ2v) is 5.51. The number of hydrogen-bond donors (Lipinski definition) is 1. The van der Waals surface area contributed by atoms with E-state index < -0.39 is 0 Å². The number of hydrogen-bond acceptors (Lipinski definition) is 4. The van der Waals surface area contributed by atoms with E-state index in [1.54, 1.807) is 4.68 Å². The summed E-state index contributed by atoms with van der Waals surface area (Å²) in [7, 11) is 0. The molecule has 5 heteroatoms. The van der Waals surface area contributed by atoms with Crippen molar-refractivity contribution in [2.24, 2.45) is 0 Å². The van der Waals surface area contributed by atoms with Crippen molar-refractivity contribution in [2.45, 2.75) is 33.4 Å². The van der Waals surface area contributed by atoms with Crippen LogP contribution in [0.25, 0.3) is 16.9 Å². The van der Waals surface area contributed by atoms with E-state index in [1.807, 2.05) is 30.5 Å². The molecule has 0 aliphatic heterocycles. The number of pyridine rings is 1. The van der Waals surface area contributed by atoms with Crippen LogP contribution in [0, 0.1) is 6.92 Å². The Morgan fingerprint density at radius 2 is 2.05 bits per heavy atom. The van der Waals surface area contributed by atoms with E-state index in [9.17, 15) is 0 Å². The van der Waals surface area contributed by atoms with Gasteiger partial charge in [0.15, 0.2) is 5.82 Å². The van der Waals surface area contributed by atoms with Crippen molar-refractivity contribution in [2.75, 3.05) is 0 Å². The van der Waals surface area contributed by atoms with Gasteiger partial charge in [0.05, 0.1) is 5.52 Å². The molecule has 2 aromatic heterocycles. The van der Waals surface area contributed by atoms with Gasteiger partial charge in [-0.05, 0) is 36.2 Å². The maximum absolute atomic E-state index is 4.57. The summed E-state index contributed by atoms with van der Waals surface area (Å²) in [6, 6.07) is 10.5. The van der Waals surface area contributed by atoms with Crippen LogP contribution in [0.15, 0.2) is 36.5 Å². The van der Waals surface area contributed by atoms with Crippen LogP contribution in [-0.2, 0) is 6.54 Å². The molecular weight excluding hydrogens is 262 g/mol. The molecule has 0 aliphatic carbocycles. The molecule has 0 saturated heterocycles. The van der Waals surface area contributed by atoms with Crippen molar-refractivity contribution in [3.05, 3.63) is 47.7 Å². The zero-order valence-corrected chi connectivity index (χ0v) is 12.5. The summed E-state index contributed by atoms with van der Waals surface area (Å²) in [5.41, 5.74) is 4.12. The average Bonchev–Trinajstić information content (AvgIpc) is 2.89. The van der Waals surface area contributed by atoms with E-state index >= 15 is 0 Å². The molecule has 0 aliphatic rings. The third kappa shape index (κ3) is 2.78. The number of para-hydroxylation sites is 1. The SMILES string of the molecule is Cc1cc(CNC(C)C)cnc1-n1nnc2ccccc21. The lowest BCUT2D eigenvalue weighted by atomic mass is 10.2. The summed E-state index contributed by atoms with van der Waals surface area (Å²) >= 11 is 0. The molecule has 0 radical (unpaired) electrons. The molecule has 0 bridgehead atoms. The fourth-order valence-corrected chi connectivity index (χ4v) is 2.29. The van der Waals surface area contributed by atoms with Crippen molar-refractivity contribution in [1.29, 1.82) is 0 Å². The first-order valence-electron chi connectivity index (χ1n) is 7.15. The van der Waals surface area contributed by atoms with E-state index in [0.29, 0.717) is 6.04 Å². The van der Waals surface area contributed by atoms with E-state index in [1.165, 1.54) is 5.56 Å². The minimum atomic E-state index is 0.462. The van der Waals surface area contributed by atoms with E-state index in [0.717, 1.165) is 29.0 Å². The Hall–Kier alpha value is -2.27. The fourth-order valence-electron chi connectivity index (χ4n) is 2.29. The van der Waals surface area contributed by atoms with Crippen LogP contribution in [0.3, 0.4) is 0 Å². The molecule has 0 unspecified atom stereocenters. The summed E-state index contributed by atoms with van der Waals surface area (Å²) in [4.78, 5) is 4.57. The largest absolute Gasteiger partial charge is 0.310 e. The predicted octanol–water partition coefficient (Wildman–Crippen LogP) is 2.62. The first-order valence-corrected chi connectivity index (χ1v) is 7.15. The van der Waals surface area contributed by atoms with Gasteiger partial charge in [0.1, 0.15) is 5.52 Å². The molecule has 0 atom stereocenters. The molecule has 5 nitrogen and oxygen atoms in total. The Morgan fingerprint density at radius 3 is 2.81 bits per heavy atom. The van der Waals surface area contributed by atoms with E-state index in [-0.39, 0.29) is 0 Å². The zero-order chi connectivity index (χ0) is 14.8. The quantitative estimate of drug-likeness (QED) is 0.798. The van der Waals surface area contributed by atoms with Gasteiger partial charge in [-0.15, -0.1) is 5.10 Å². The Morgan fingerprint density at radius 1 is 1.24 bits per heavy atom. The molecule has 0 fully saturated rings. The van der Waals surface area contributed by atoms with Crippen molar-refractivity contribution in [3.63, 3.8) is 0 Å². The molecule has 21 heavy (non-hydrogen) atoms. The number of fused-ring (bicyclic) bond motifs is 1. The lowest BCUT2D eigenvalue weighted by molar-refractivity contribution is 0.587. The Bertz CT molecular complexity index is 760. The lowest BCUT2D eigenvalue weighted by Gasteiger charge is -2.10. The van der Waals surface area contributed by atoms with Crippen LogP contribution in [-0.4, -0.2) is 26.0 Å². The average molecular weight is 281 g/mol. The van der Waals surface area contributed by atoms with Crippen molar-refractivity contribution >= 4 is 11.0 Å². The van der Waals surface area contributed by atoms with Crippen LogP contribution in [0.1, 0.15) is 25.0 Å². The van der Waals surface area contributed by atoms with Crippen molar-refractivity contribution in [3.8, 4) is 5.82 Å². The molecule has 0 spiro atoms. The van der Waals surface area contributed by atoms with Crippen LogP contribution >= 0.6 is 0 Å². The number of benzene rings is 1. The Balaban J connectivity index is 1.96. The normalized spacial score (nSPS) is 11.4. The fraction of sp³-hybridized carbons (Fsp3) is 0.312. The molecule has 0 saturated carbocycles. The van der Waals surface area contributed by atoms with Gasteiger partial charge in [0, 0.05) is 18.8 Å². The van der Waals surface area contributed by atoms with Gasteiger partial charge < -0.3 is 5.32 Å². The second-order valence-electron chi connectivity index (χ2n) is 5.51. The number of aryl methyl sites for hydroxylation is 1. The highest BCUT2D eigenvalue weighted by Gasteiger charge is 2.10. The molecular formula is C16H19N5. The molecule has 3 aromatic rings. The molecule has 2 heterocycles. The minimum Gasteiger partial charge on any atom is -0.310 e. The van der Waals surface area contributed by atoms with Gasteiger partial charge in [-0.2, -0.15) is 4.68 Å². The highest BCUT2D eigenvalue weighted by atomic mass is 15.4. The van der Waals surface area contributed by atoms with Gasteiger partial charge in [-0.25, -0.2) is 4.98 Å². The summed E-state index contributed by atoms with van der Waals surface area (Å²) < 4.78 is 1.80. The maximum Gasteiger partial charge on any atom is 0.158 e. The summed E-state index contributed by atoms with van der Waals surface area (Å²) in [6.07, 6.45) is 1.90. The van der Waals surface area contributed by atoms with Gasteiger partial charge >= 0.3 is 0 Å². The standard InChI is InChI=1S/C16H19N5/c1-11(2)17-9-13-8-12(3)16(18-10-13)21-15-7-5-4-6-14(15)19-20-21/h4-8,10-11,17H,9H2,1-3H3. The van der Waals surface area contributed by atoms with Gasteiger partial charge in [-0.3, -0.25) is 0 Å². The van der Waals surface area contributed by atoms with Crippen molar-refractivity contribution < 1.29 is 0 Å². The Labute approximate surface area is 124 Å². The number of rotatable bonds is 4. The molecule has 1 aromatic carbocycles. The van der Waals surface area contributed by atoms with Crippen molar-refractivity contribution in [1.82, 2.24) is 25.3 Å². The zero-order valence-electron chi connectivity index (χ0n) is 12.5. The topological polar surface area (TPSA) is 55.6 Å². The summed E-state index contributed by atoms with van der Waals surface area (Å²) in [6.45, 7) is 7.15. The van der Waals surface area contributed by atoms with Crippen LogP contribution in [0.4, 0.5) is 0 Å². The first-order chi connectivity index (χ1) is 10.1. The third-order valence-electron chi connectivity index (χ3n) is 3.37. The van der Waals surface area contributed by atoms with Crippen LogP contribution in [0.2, 0.25) is 0 Å². The second kappa shape index (κ2) is 5.61. The predicted molar refractivity (Wildman–Crippen MR) is 83.4 cm³/mol. The van der Waals surface area contributed by atoms with Gasteiger partial charge in [0.25, 0.3) is 0 Å². The number of nitrogens with one attached hydrogen (secondary N) is 1. The van der Waals surface area contributed by atoms with E-state index in [2.05, 4.69) is 47.5 Å². The summed E-state index contributed by atoms with van der Waals surface area (Å²) in [5, 5.41) is 11.8. The smallest absolute Gasteiger partial charge is 0.158 e. The van der Waals surface area contributed by atoms with Gasteiger partial charge in [0.2, 0.25) is 0 Å². The minimum absolute atomic E-state index is 0.462. The molecule has 1 N–H and O–H groups in total. The summed E-state index contributed by atoms with van der Waals surface area (Å²) in [5.74, 6) is 0.831. The Kier molecular flexibility index (Phi) is 3.66. The van der Waals surface area contributed by atoms with Crippen LogP contribution in [0.5, 0.6) is 0 Å². The molecule has 3 rings (SSSR count). The van der Waals surface area contributed by atoms with E-state index in [4.69, 9.17) is 0 Å². The molecule has 108 valence electrons. The highest BCUT2D eigenvalue weighted by Crippen LogP contribution is 2.17. The lowest BCUT2D eigenvalue weighted by Crippen LogP contribution is -2.22. The highest BCUT2D eigenvalue weighted by molar-refractivity contribution is 5.75. The van der Waals surface area contributed by atoms with Gasteiger partial charge in [-0.1, -0.05) is 31.2 Å². The number of nitrogens with zero attached hydrogens (tertiary/aromatic N) is 4.